The summed E-state index contributed by atoms with van der Waals surface area (Å²) < 4.78 is 53.2. The second-order valence-corrected chi connectivity index (χ2v) is 8.59. The number of halogens is 1. The van der Waals surface area contributed by atoms with E-state index in [0.717, 1.165) is 32.0 Å². The summed E-state index contributed by atoms with van der Waals surface area (Å²) in [5, 5.41) is 0. The topological polar surface area (TPSA) is 67.9 Å². The van der Waals surface area contributed by atoms with Crippen molar-refractivity contribution in [3.63, 3.8) is 0 Å². The molecule has 3 rings (SSSR count). The van der Waals surface area contributed by atoms with E-state index in [1.165, 1.54) is 12.1 Å². The summed E-state index contributed by atoms with van der Waals surface area (Å²) in [7, 11) is -3.76. The van der Waals surface area contributed by atoms with E-state index in [2.05, 4.69) is 16.5 Å². The first-order valence-electron chi connectivity index (χ1n) is 9.26. The molecule has 146 valence electrons. The minimum absolute atomic E-state index is 0.0667. The van der Waals surface area contributed by atoms with Crippen molar-refractivity contribution in [2.75, 3.05) is 32.8 Å². The highest BCUT2D eigenvalue weighted by molar-refractivity contribution is 7.89. The molecule has 2 saturated heterocycles. The van der Waals surface area contributed by atoms with Crippen molar-refractivity contribution < 1.29 is 22.3 Å². The Morgan fingerprint density at radius 2 is 2.08 bits per heavy atom. The van der Waals surface area contributed by atoms with Gasteiger partial charge in [-0.15, -0.1) is 0 Å². The monoisotopic (exact) mass is 386 g/mol. The molecule has 8 heteroatoms. The maximum Gasteiger partial charge on any atom is 0.240 e. The minimum Gasteiger partial charge on any atom is -0.487 e. The Labute approximate surface area is 154 Å². The van der Waals surface area contributed by atoms with Crippen LogP contribution in [0, 0.1) is 5.82 Å². The number of likely N-dealkylation sites (N-methyl/N-ethyl adjacent to an activating group) is 1. The molecule has 0 bridgehead atoms. The van der Waals surface area contributed by atoms with E-state index in [9.17, 15) is 12.8 Å². The summed E-state index contributed by atoms with van der Waals surface area (Å²) in [6.07, 6.45) is 3.06. The van der Waals surface area contributed by atoms with Crippen molar-refractivity contribution in [1.29, 1.82) is 0 Å². The highest BCUT2D eigenvalue weighted by Gasteiger charge is 2.26. The van der Waals surface area contributed by atoms with Crippen LogP contribution in [-0.2, 0) is 14.8 Å². The lowest BCUT2D eigenvalue weighted by molar-refractivity contribution is 0.0240. The predicted octanol–water partition coefficient (Wildman–Crippen LogP) is 2.15. The number of nitrogens with zero attached hydrogens (tertiary/aromatic N) is 1. The predicted molar refractivity (Wildman–Crippen MR) is 96.3 cm³/mol. The van der Waals surface area contributed by atoms with Crippen LogP contribution in [0.5, 0.6) is 5.75 Å². The Bertz CT molecular complexity index is 707. The number of benzene rings is 1. The zero-order valence-corrected chi connectivity index (χ0v) is 15.9. The largest absolute Gasteiger partial charge is 0.487 e. The molecule has 0 aliphatic carbocycles. The number of sulfonamides is 1. The van der Waals surface area contributed by atoms with Crippen LogP contribution in [0.1, 0.15) is 32.6 Å². The van der Waals surface area contributed by atoms with E-state index in [1.54, 1.807) is 0 Å². The summed E-state index contributed by atoms with van der Waals surface area (Å²) in [5.41, 5.74) is 0. The first-order chi connectivity index (χ1) is 12.5. The molecular formula is C18H27FN2O4S. The van der Waals surface area contributed by atoms with Gasteiger partial charge in [-0.1, -0.05) is 6.92 Å². The van der Waals surface area contributed by atoms with Gasteiger partial charge in [0.05, 0.1) is 18.1 Å². The Hall–Kier alpha value is -1.22. The third-order valence-corrected chi connectivity index (χ3v) is 6.47. The molecule has 0 radical (unpaired) electrons. The number of nitrogens with one attached hydrogen (secondary N) is 1. The fourth-order valence-electron chi connectivity index (χ4n) is 3.44. The maximum absolute atomic E-state index is 14.4. The van der Waals surface area contributed by atoms with Crippen LogP contribution >= 0.6 is 0 Å². The molecule has 0 spiro atoms. The summed E-state index contributed by atoms with van der Waals surface area (Å²) in [6.45, 7) is 5.82. The first kappa shape index (κ1) is 19.5. The van der Waals surface area contributed by atoms with Crippen LogP contribution < -0.4 is 9.46 Å². The fraction of sp³-hybridized carbons (Fsp3) is 0.667. The third kappa shape index (κ3) is 4.94. The van der Waals surface area contributed by atoms with Gasteiger partial charge >= 0.3 is 0 Å². The van der Waals surface area contributed by atoms with Gasteiger partial charge < -0.3 is 14.4 Å². The van der Waals surface area contributed by atoms with Crippen molar-refractivity contribution in [2.45, 2.75) is 49.6 Å². The Balaban J connectivity index is 1.66. The van der Waals surface area contributed by atoms with Gasteiger partial charge in [-0.25, -0.2) is 17.5 Å². The van der Waals surface area contributed by atoms with Gasteiger partial charge in [0, 0.05) is 25.4 Å². The summed E-state index contributed by atoms with van der Waals surface area (Å²) in [6, 6.07) is 3.70. The number of piperidine rings is 1. The van der Waals surface area contributed by atoms with Crippen molar-refractivity contribution in [2.24, 2.45) is 0 Å². The second-order valence-electron chi connectivity index (χ2n) is 6.88. The van der Waals surface area contributed by atoms with Crippen molar-refractivity contribution in [1.82, 2.24) is 9.62 Å². The molecule has 0 amide bonds. The molecule has 1 unspecified atom stereocenters. The first-order valence-corrected chi connectivity index (χ1v) is 10.7. The molecule has 2 aliphatic heterocycles. The van der Waals surface area contributed by atoms with Crippen molar-refractivity contribution in [3.8, 4) is 5.75 Å². The molecule has 1 aromatic rings. The third-order valence-electron chi connectivity index (χ3n) is 4.95. The summed E-state index contributed by atoms with van der Waals surface area (Å²) in [5.74, 6) is -0.566. The fourth-order valence-corrected chi connectivity index (χ4v) is 4.72. The van der Waals surface area contributed by atoms with Crippen LogP contribution in [0.25, 0.3) is 0 Å². The van der Waals surface area contributed by atoms with Crippen molar-refractivity contribution in [3.05, 3.63) is 24.0 Å². The van der Waals surface area contributed by atoms with Crippen LogP contribution in [-0.4, -0.2) is 58.3 Å². The number of hydrogen-bond acceptors (Lipinski definition) is 5. The van der Waals surface area contributed by atoms with Crippen LogP contribution in [0.4, 0.5) is 4.39 Å². The quantitative estimate of drug-likeness (QED) is 0.811. The average molecular weight is 386 g/mol. The maximum atomic E-state index is 14.4. The van der Waals surface area contributed by atoms with Crippen LogP contribution in [0.3, 0.4) is 0 Å². The standard InChI is InChI=1S/C18H27FN2O4S/c1-2-21-9-3-4-14(13-21)20-26(22,23)16-5-6-18(17(19)12-16)25-15-7-10-24-11-8-15/h5-6,12,14-15,20H,2-4,7-11,13H2,1H3. The van der Waals surface area contributed by atoms with Gasteiger partial charge in [-0.05, 0) is 44.1 Å². The van der Waals surface area contributed by atoms with E-state index >= 15 is 0 Å². The molecule has 2 aliphatic rings. The molecule has 1 aromatic carbocycles. The number of likely N-dealkylation sites (tertiary alicyclic amines) is 1. The smallest absolute Gasteiger partial charge is 0.240 e. The van der Waals surface area contributed by atoms with Gasteiger partial charge in [0.2, 0.25) is 10.0 Å². The zero-order valence-electron chi connectivity index (χ0n) is 15.1. The van der Waals surface area contributed by atoms with Gasteiger partial charge in [0.25, 0.3) is 0 Å². The lowest BCUT2D eigenvalue weighted by atomic mass is 10.1. The highest BCUT2D eigenvalue weighted by atomic mass is 32.2. The second kappa shape index (κ2) is 8.65. The van der Waals surface area contributed by atoms with Gasteiger partial charge in [-0.3, -0.25) is 0 Å². The van der Waals surface area contributed by atoms with Gasteiger partial charge in [0.1, 0.15) is 6.10 Å². The lowest BCUT2D eigenvalue weighted by Crippen LogP contribution is -2.47. The Morgan fingerprint density at radius 3 is 2.77 bits per heavy atom. The van der Waals surface area contributed by atoms with E-state index in [4.69, 9.17) is 9.47 Å². The number of ether oxygens (including phenoxy) is 2. The molecular weight excluding hydrogens is 359 g/mol. The van der Waals surface area contributed by atoms with Crippen LogP contribution in [0.15, 0.2) is 23.1 Å². The van der Waals surface area contributed by atoms with Crippen molar-refractivity contribution >= 4 is 10.0 Å². The normalized spacial score (nSPS) is 23.1. The van der Waals surface area contributed by atoms with E-state index in [1.807, 2.05) is 0 Å². The van der Waals surface area contributed by atoms with E-state index in [0.29, 0.717) is 32.6 Å². The number of rotatable bonds is 6. The molecule has 26 heavy (non-hydrogen) atoms. The zero-order chi connectivity index (χ0) is 18.6. The molecule has 1 N–H and O–H groups in total. The molecule has 0 saturated carbocycles. The molecule has 6 nitrogen and oxygen atoms in total. The molecule has 2 heterocycles. The van der Waals surface area contributed by atoms with Crippen LogP contribution in [0.2, 0.25) is 0 Å². The van der Waals surface area contributed by atoms with Gasteiger partial charge in [-0.2, -0.15) is 0 Å². The molecule has 1 atom stereocenters. The summed E-state index contributed by atoms with van der Waals surface area (Å²) >= 11 is 0. The van der Waals surface area contributed by atoms with E-state index < -0.39 is 15.8 Å². The van der Waals surface area contributed by atoms with Gasteiger partial charge in [0.15, 0.2) is 11.6 Å². The SMILES string of the molecule is CCN1CCCC(NS(=O)(=O)c2ccc(OC3CCOCC3)c(F)c2)C1. The minimum atomic E-state index is -3.76. The van der Waals surface area contributed by atoms with E-state index in [-0.39, 0.29) is 22.8 Å². The Morgan fingerprint density at radius 1 is 1.31 bits per heavy atom. The lowest BCUT2D eigenvalue weighted by Gasteiger charge is -2.32. The molecule has 0 aromatic heterocycles. The average Bonchev–Trinajstić information content (AvgIpc) is 2.64. The highest BCUT2D eigenvalue weighted by Crippen LogP contribution is 2.25. The molecule has 2 fully saturated rings. The summed E-state index contributed by atoms with van der Waals surface area (Å²) in [4.78, 5) is 2.14. The Kier molecular flexibility index (Phi) is 6.50. The number of hydrogen-bond donors (Lipinski definition) is 1.